The number of nitrogens with one attached hydrogen (secondary N) is 1. The quantitative estimate of drug-likeness (QED) is 0.455. The summed E-state index contributed by atoms with van der Waals surface area (Å²) >= 11 is 0. The molecule has 1 saturated heterocycles. The van der Waals surface area contributed by atoms with Crippen molar-refractivity contribution in [1.82, 2.24) is 9.80 Å². The van der Waals surface area contributed by atoms with Crippen LogP contribution in [0.4, 0.5) is 23.2 Å². The van der Waals surface area contributed by atoms with Crippen LogP contribution in [0.1, 0.15) is 42.4 Å². The number of alkyl halides is 3. The fourth-order valence-electron chi connectivity index (χ4n) is 5.89. The van der Waals surface area contributed by atoms with Gasteiger partial charge in [0.2, 0.25) is 5.91 Å². The number of hydrogen-bond donors (Lipinski definition) is 1. The second-order valence-corrected chi connectivity index (χ2v) is 11.1. The minimum atomic E-state index is -4.58. The van der Waals surface area contributed by atoms with Gasteiger partial charge in [-0.2, -0.15) is 18.4 Å². The van der Waals surface area contributed by atoms with Crippen LogP contribution in [0, 0.1) is 23.1 Å². The Balaban J connectivity index is 0.974. The fraction of sp³-hybridized carbons (Fsp3) is 0.533. The zero-order valence-electron chi connectivity index (χ0n) is 22.8. The number of nitrogens with zero attached hydrogens (tertiary/aromatic N) is 3. The van der Waals surface area contributed by atoms with Gasteiger partial charge in [-0.1, -0.05) is 0 Å². The molecule has 220 valence electrons. The molecule has 1 N–H and O–H groups in total. The van der Waals surface area contributed by atoms with Gasteiger partial charge in [0, 0.05) is 56.9 Å². The van der Waals surface area contributed by atoms with Gasteiger partial charge in [0.25, 0.3) is 0 Å². The zero-order valence-corrected chi connectivity index (χ0v) is 22.8. The Bertz CT molecular complexity index is 1270. The summed E-state index contributed by atoms with van der Waals surface area (Å²) in [5, 5.41) is 12.0. The van der Waals surface area contributed by atoms with E-state index in [0.29, 0.717) is 37.7 Å². The molecule has 0 spiro atoms. The standard InChI is InChI=1S/C30H34F4N4O3/c31-23-4-8-28-22(13-23)14-26(41-28)18-37-9-11-38(12-10-37)29(39)19-40-25-6-1-20(2-7-25)17-36-24-5-3-21(16-35)27(15-24)30(32,33)34/h3-5,8,13,15,20,25-26,36H,1-2,6-7,9-12,14,17-19H2. The minimum absolute atomic E-state index is 0.00535. The molecule has 2 aromatic carbocycles. The van der Waals surface area contributed by atoms with Gasteiger partial charge < -0.3 is 19.7 Å². The van der Waals surface area contributed by atoms with Gasteiger partial charge in [-0.05, 0) is 68.0 Å². The average Bonchev–Trinajstić information content (AvgIpc) is 3.36. The van der Waals surface area contributed by atoms with E-state index in [9.17, 15) is 22.4 Å². The first kappa shape index (κ1) is 29.1. The molecule has 2 aliphatic heterocycles. The number of ether oxygens (including phenoxy) is 2. The molecule has 1 amide bonds. The highest BCUT2D eigenvalue weighted by Gasteiger charge is 2.34. The van der Waals surface area contributed by atoms with Crippen molar-refractivity contribution < 1.29 is 31.8 Å². The molecule has 2 heterocycles. The zero-order chi connectivity index (χ0) is 29.0. The lowest BCUT2D eigenvalue weighted by Crippen LogP contribution is -2.51. The normalized spacial score (nSPS) is 23.0. The molecule has 1 atom stereocenters. The molecule has 1 unspecified atom stereocenters. The van der Waals surface area contributed by atoms with Crippen molar-refractivity contribution in [2.45, 2.75) is 50.5 Å². The van der Waals surface area contributed by atoms with Crippen molar-refractivity contribution in [1.29, 1.82) is 5.26 Å². The fourth-order valence-corrected chi connectivity index (χ4v) is 5.89. The lowest BCUT2D eigenvalue weighted by atomic mass is 9.87. The summed E-state index contributed by atoms with van der Waals surface area (Å²) in [6, 6.07) is 9.90. The van der Waals surface area contributed by atoms with Crippen molar-refractivity contribution in [2.75, 3.05) is 51.2 Å². The number of rotatable bonds is 8. The molecule has 0 radical (unpaired) electrons. The molecule has 1 aliphatic carbocycles. The van der Waals surface area contributed by atoms with Gasteiger partial charge in [0.05, 0.1) is 23.3 Å². The molecule has 41 heavy (non-hydrogen) atoms. The average molecular weight is 575 g/mol. The third-order valence-electron chi connectivity index (χ3n) is 8.23. The third kappa shape index (κ3) is 7.49. The van der Waals surface area contributed by atoms with E-state index in [-0.39, 0.29) is 36.1 Å². The highest BCUT2D eigenvalue weighted by molar-refractivity contribution is 5.77. The van der Waals surface area contributed by atoms with E-state index in [4.69, 9.17) is 14.7 Å². The summed E-state index contributed by atoms with van der Waals surface area (Å²) in [5.74, 6) is 0.769. The Morgan fingerprint density at radius 1 is 1.07 bits per heavy atom. The van der Waals surface area contributed by atoms with Crippen molar-refractivity contribution in [3.63, 3.8) is 0 Å². The predicted octanol–water partition coefficient (Wildman–Crippen LogP) is 4.85. The number of halogens is 4. The Labute approximate surface area is 237 Å². The summed E-state index contributed by atoms with van der Waals surface area (Å²) in [6.45, 7) is 4.07. The Morgan fingerprint density at radius 3 is 2.54 bits per heavy atom. The van der Waals surface area contributed by atoms with Crippen molar-refractivity contribution in [3.05, 3.63) is 58.9 Å². The van der Waals surface area contributed by atoms with Crippen LogP contribution in [0.25, 0.3) is 0 Å². The van der Waals surface area contributed by atoms with Crippen molar-refractivity contribution in [2.24, 2.45) is 5.92 Å². The second-order valence-electron chi connectivity index (χ2n) is 11.1. The molecule has 11 heteroatoms. The summed E-state index contributed by atoms with van der Waals surface area (Å²) in [7, 11) is 0. The minimum Gasteiger partial charge on any atom is -0.488 e. The number of fused-ring (bicyclic) bond motifs is 1. The molecular formula is C30H34F4N4O3. The molecule has 3 aliphatic rings. The van der Waals surface area contributed by atoms with E-state index in [2.05, 4.69) is 10.2 Å². The van der Waals surface area contributed by atoms with Crippen LogP contribution in [-0.4, -0.2) is 73.8 Å². The number of carbonyl (C=O) groups is 1. The van der Waals surface area contributed by atoms with Gasteiger partial charge in [0.15, 0.2) is 0 Å². The predicted molar refractivity (Wildman–Crippen MR) is 144 cm³/mol. The van der Waals surface area contributed by atoms with Gasteiger partial charge in [-0.25, -0.2) is 4.39 Å². The van der Waals surface area contributed by atoms with Crippen LogP contribution in [0.5, 0.6) is 5.75 Å². The molecule has 7 nitrogen and oxygen atoms in total. The highest BCUT2D eigenvalue weighted by Crippen LogP contribution is 2.34. The van der Waals surface area contributed by atoms with Crippen LogP contribution in [0.15, 0.2) is 36.4 Å². The lowest BCUT2D eigenvalue weighted by molar-refractivity contribution is -0.141. The first-order chi connectivity index (χ1) is 19.7. The van der Waals surface area contributed by atoms with E-state index < -0.39 is 11.7 Å². The monoisotopic (exact) mass is 574 g/mol. The van der Waals surface area contributed by atoms with Crippen LogP contribution < -0.4 is 10.1 Å². The van der Waals surface area contributed by atoms with Crippen LogP contribution in [-0.2, 0) is 22.1 Å². The number of carbonyl (C=O) groups excluding carboxylic acids is 1. The Hall–Kier alpha value is -3.36. The van der Waals surface area contributed by atoms with Crippen LogP contribution in [0.2, 0.25) is 0 Å². The Morgan fingerprint density at radius 2 is 1.83 bits per heavy atom. The van der Waals surface area contributed by atoms with Gasteiger partial charge in [0.1, 0.15) is 24.3 Å². The van der Waals surface area contributed by atoms with Crippen LogP contribution in [0.3, 0.4) is 0 Å². The van der Waals surface area contributed by atoms with Crippen LogP contribution >= 0.6 is 0 Å². The molecule has 0 aromatic heterocycles. The Kier molecular flexibility index (Phi) is 9.00. The second kappa shape index (κ2) is 12.7. The summed E-state index contributed by atoms with van der Waals surface area (Å²) in [4.78, 5) is 16.9. The molecular weight excluding hydrogens is 540 g/mol. The SMILES string of the molecule is N#Cc1ccc(NCC2CCC(OCC(=O)N3CCN(CC4Cc5cc(F)ccc5O4)CC3)CC2)cc1C(F)(F)F. The maximum atomic E-state index is 13.5. The van der Waals surface area contributed by atoms with Crippen molar-refractivity contribution in [3.8, 4) is 11.8 Å². The number of benzene rings is 2. The molecule has 0 bridgehead atoms. The summed E-state index contributed by atoms with van der Waals surface area (Å²) < 4.78 is 65.0. The van der Waals surface area contributed by atoms with E-state index in [0.717, 1.165) is 62.7 Å². The molecule has 1 saturated carbocycles. The van der Waals surface area contributed by atoms with Gasteiger partial charge in [-0.15, -0.1) is 0 Å². The summed E-state index contributed by atoms with van der Waals surface area (Å²) in [6.07, 6.45) is -0.612. The van der Waals surface area contributed by atoms with E-state index in [1.54, 1.807) is 12.1 Å². The molecule has 5 rings (SSSR count). The van der Waals surface area contributed by atoms with Crippen molar-refractivity contribution >= 4 is 11.6 Å². The highest BCUT2D eigenvalue weighted by atomic mass is 19.4. The number of hydrogen-bond acceptors (Lipinski definition) is 6. The first-order valence-electron chi connectivity index (χ1n) is 14.1. The number of amides is 1. The first-order valence-corrected chi connectivity index (χ1v) is 14.1. The molecule has 2 aromatic rings. The number of nitriles is 1. The van der Waals surface area contributed by atoms with Gasteiger partial charge >= 0.3 is 6.18 Å². The molecule has 2 fully saturated rings. The van der Waals surface area contributed by atoms with Gasteiger partial charge in [-0.3, -0.25) is 9.69 Å². The van der Waals surface area contributed by atoms with E-state index in [1.165, 1.54) is 24.3 Å². The summed E-state index contributed by atoms with van der Waals surface area (Å²) in [5.41, 5.74) is -0.0745. The smallest absolute Gasteiger partial charge is 0.417 e. The largest absolute Gasteiger partial charge is 0.488 e. The third-order valence-corrected chi connectivity index (χ3v) is 8.23. The lowest BCUT2D eigenvalue weighted by Gasteiger charge is -2.36. The number of piperazine rings is 1. The topological polar surface area (TPSA) is 77.8 Å². The van der Waals surface area contributed by atoms with E-state index >= 15 is 0 Å². The van der Waals surface area contributed by atoms with E-state index in [1.807, 2.05) is 4.90 Å². The number of anilines is 1. The maximum absolute atomic E-state index is 13.5. The maximum Gasteiger partial charge on any atom is 0.417 e.